The molecule has 6 heteroatoms. The Bertz CT molecular complexity index is 817. The number of alkyl halides is 1. The quantitative estimate of drug-likeness (QED) is 0.528. The predicted molar refractivity (Wildman–Crippen MR) is 92.6 cm³/mol. The molecule has 0 unspecified atom stereocenters. The summed E-state index contributed by atoms with van der Waals surface area (Å²) in [6, 6.07) is 11.9. The number of benzene rings is 2. The van der Waals surface area contributed by atoms with Crippen molar-refractivity contribution in [3.8, 4) is 11.4 Å². The Hall–Kier alpha value is -1.04. The molecule has 0 atom stereocenters. The van der Waals surface area contributed by atoms with E-state index in [9.17, 15) is 0 Å². The van der Waals surface area contributed by atoms with Crippen LogP contribution in [-0.4, -0.2) is 16.7 Å². The van der Waals surface area contributed by atoms with E-state index in [0.29, 0.717) is 5.88 Å². The number of halogens is 3. The molecule has 21 heavy (non-hydrogen) atoms. The molecule has 0 saturated heterocycles. The SMILES string of the molecule is COc1cccc2c1nc(CCl)n2-c1ccc(Br)cc1Br. The van der Waals surface area contributed by atoms with E-state index in [0.717, 1.165) is 37.2 Å². The fourth-order valence-corrected chi connectivity index (χ4v) is 3.71. The largest absolute Gasteiger partial charge is 0.494 e. The molecule has 1 heterocycles. The lowest BCUT2D eigenvalue weighted by Crippen LogP contribution is -2.00. The zero-order valence-corrected chi connectivity index (χ0v) is 15.0. The Morgan fingerprint density at radius 1 is 1.24 bits per heavy atom. The van der Waals surface area contributed by atoms with E-state index in [1.165, 1.54) is 0 Å². The number of fused-ring (bicyclic) bond motifs is 1. The van der Waals surface area contributed by atoms with Crippen molar-refractivity contribution in [2.24, 2.45) is 0 Å². The molecule has 0 radical (unpaired) electrons. The highest BCUT2D eigenvalue weighted by molar-refractivity contribution is 9.11. The summed E-state index contributed by atoms with van der Waals surface area (Å²) >= 11 is 13.2. The summed E-state index contributed by atoms with van der Waals surface area (Å²) in [6.07, 6.45) is 0. The number of nitrogens with zero attached hydrogens (tertiary/aromatic N) is 2. The van der Waals surface area contributed by atoms with Crippen molar-refractivity contribution in [2.45, 2.75) is 5.88 Å². The number of para-hydroxylation sites is 1. The van der Waals surface area contributed by atoms with E-state index in [4.69, 9.17) is 16.3 Å². The minimum absolute atomic E-state index is 0.320. The van der Waals surface area contributed by atoms with E-state index < -0.39 is 0 Å². The van der Waals surface area contributed by atoms with Crippen LogP contribution in [0.5, 0.6) is 5.75 Å². The van der Waals surface area contributed by atoms with E-state index >= 15 is 0 Å². The minimum atomic E-state index is 0.320. The molecule has 0 bridgehead atoms. The second kappa shape index (κ2) is 5.99. The number of imidazole rings is 1. The van der Waals surface area contributed by atoms with Crippen molar-refractivity contribution in [3.05, 3.63) is 51.2 Å². The van der Waals surface area contributed by atoms with Gasteiger partial charge in [0.1, 0.15) is 17.1 Å². The molecule has 108 valence electrons. The molecule has 0 saturated carbocycles. The first kappa shape index (κ1) is 14.9. The third-order valence-electron chi connectivity index (χ3n) is 3.21. The lowest BCUT2D eigenvalue weighted by Gasteiger charge is -2.10. The van der Waals surface area contributed by atoms with Crippen LogP contribution in [0.15, 0.2) is 45.3 Å². The maximum atomic E-state index is 6.08. The van der Waals surface area contributed by atoms with Gasteiger partial charge in [0.25, 0.3) is 0 Å². The standard InChI is InChI=1S/C15H11Br2ClN2O/c1-21-13-4-2-3-12-15(13)19-14(8-18)20(12)11-6-5-9(16)7-10(11)17/h2-7H,8H2,1H3. The second-order valence-corrected chi connectivity index (χ2v) is 6.46. The molecule has 0 N–H and O–H groups in total. The van der Waals surface area contributed by atoms with Crippen molar-refractivity contribution in [2.75, 3.05) is 7.11 Å². The van der Waals surface area contributed by atoms with Gasteiger partial charge in [-0.05, 0) is 46.3 Å². The van der Waals surface area contributed by atoms with Gasteiger partial charge in [-0.1, -0.05) is 22.0 Å². The Balaban J connectivity index is 2.35. The maximum Gasteiger partial charge on any atom is 0.146 e. The Morgan fingerprint density at radius 2 is 2.05 bits per heavy atom. The summed E-state index contributed by atoms with van der Waals surface area (Å²) in [5.74, 6) is 1.84. The summed E-state index contributed by atoms with van der Waals surface area (Å²) in [4.78, 5) is 4.62. The summed E-state index contributed by atoms with van der Waals surface area (Å²) in [5, 5.41) is 0. The Labute approximate surface area is 144 Å². The van der Waals surface area contributed by atoms with Gasteiger partial charge in [-0.25, -0.2) is 4.98 Å². The highest BCUT2D eigenvalue weighted by Gasteiger charge is 2.16. The van der Waals surface area contributed by atoms with Crippen molar-refractivity contribution in [3.63, 3.8) is 0 Å². The van der Waals surface area contributed by atoms with Crippen LogP contribution in [0.4, 0.5) is 0 Å². The number of ether oxygens (including phenoxy) is 1. The van der Waals surface area contributed by atoms with Crippen molar-refractivity contribution in [1.82, 2.24) is 9.55 Å². The smallest absolute Gasteiger partial charge is 0.146 e. The molecule has 2 aromatic carbocycles. The average molecular weight is 431 g/mol. The molecule has 0 fully saturated rings. The van der Waals surface area contributed by atoms with Crippen LogP contribution in [0.1, 0.15) is 5.82 Å². The first-order chi connectivity index (χ1) is 10.2. The summed E-state index contributed by atoms with van der Waals surface area (Å²) in [6.45, 7) is 0. The molecule has 3 rings (SSSR count). The van der Waals surface area contributed by atoms with Crippen LogP contribution in [0, 0.1) is 0 Å². The van der Waals surface area contributed by atoms with E-state index in [-0.39, 0.29) is 0 Å². The number of methoxy groups -OCH3 is 1. The molecular formula is C15H11Br2ClN2O. The lowest BCUT2D eigenvalue weighted by atomic mass is 10.2. The number of hydrogen-bond donors (Lipinski definition) is 0. The summed E-state index contributed by atoms with van der Waals surface area (Å²) in [7, 11) is 1.64. The Kier molecular flexibility index (Phi) is 4.24. The van der Waals surface area contributed by atoms with Gasteiger partial charge < -0.3 is 4.74 Å². The van der Waals surface area contributed by atoms with E-state index in [2.05, 4.69) is 36.8 Å². The molecule has 3 nitrogen and oxygen atoms in total. The van der Waals surface area contributed by atoms with Gasteiger partial charge in [-0.3, -0.25) is 4.57 Å². The van der Waals surface area contributed by atoms with E-state index in [1.54, 1.807) is 7.11 Å². The highest BCUT2D eigenvalue weighted by Crippen LogP contribution is 2.33. The molecule has 0 amide bonds. The van der Waals surface area contributed by atoms with Crippen molar-refractivity contribution in [1.29, 1.82) is 0 Å². The number of hydrogen-bond acceptors (Lipinski definition) is 2. The fraction of sp³-hybridized carbons (Fsp3) is 0.133. The maximum absolute atomic E-state index is 6.08. The van der Waals surface area contributed by atoms with Crippen LogP contribution < -0.4 is 4.74 Å². The van der Waals surface area contributed by atoms with Gasteiger partial charge in [0.05, 0.1) is 24.2 Å². The zero-order valence-electron chi connectivity index (χ0n) is 11.1. The fourth-order valence-electron chi connectivity index (χ4n) is 2.31. The lowest BCUT2D eigenvalue weighted by molar-refractivity contribution is 0.419. The second-order valence-electron chi connectivity index (χ2n) is 4.42. The molecule has 3 aromatic rings. The zero-order chi connectivity index (χ0) is 15.0. The van der Waals surface area contributed by atoms with Crippen molar-refractivity contribution < 1.29 is 4.74 Å². The van der Waals surface area contributed by atoms with Gasteiger partial charge in [-0.15, -0.1) is 11.6 Å². The molecular weight excluding hydrogens is 419 g/mol. The van der Waals surface area contributed by atoms with Gasteiger partial charge in [0.2, 0.25) is 0 Å². The van der Waals surface area contributed by atoms with Crippen LogP contribution >= 0.6 is 43.5 Å². The summed E-state index contributed by atoms with van der Waals surface area (Å²) < 4.78 is 9.40. The first-order valence-electron chi connectivity index (χ1n) is 6.21. The molecule has 0 aliphatic rings. The third-order valence-corrected chi connectivity index (χ3v) is 4.58. The molecule has 0 aliphatic heterocycles. The van der Waals surface area contributed by atoms with Crippen LogP contribution in [0.25, 0.3) is 16.7 Å². The normalized spacial score (nSPS) is 11.0. The van der Waals surface area contributed by atoms with Gasteiger partial charge in [0, 0.05) is 8.95 Å². The van der Waals surface area contributed by atoms with Crippen LogP contribution in [0.3, 0.4) is 0 Å². The molecule has 0 aliphatic carbocycles. The van der Waals surface area contributed by atoms with E-state index in [1.807, 2.05) is 41.0 Å². The number of rotatable bonds is 3. The average Bonchev–Trinajstić information content (AvgIpc) is 2.85. The van der Waals surface area contributed by atoms with Gasteiger partial charge in [0.15, 0.2) is 0 Å². The van der Waals surface area contributed by atoms with Gasteiger partial charge in [-0.2, -0.15) is 0 Å². The minimum Gasteiger partial charge on any atom is -0.494 e. The van der Waals surface area contributed by atoms with Crippen molar-refractivity contribution >= 4 is 54.5 Å². The highest BCUT2D eigenvalue weighted by atomic mass is 79.9. The predicted octanol–water partition coefficient (Wildman–Crippen LogP) is 5.30. The Morgan fingerprint density at radius 3 is 2.71 bits per heavy atom. The third kappa shape index (κ3) is 2.58. The van der Waals surface area contributed by atoms with Crippen LogP contribution in [-0.2, 0) is 5.88 Å². The molecule has 0 spiro atoms. The monoisotopic (exact) mass is 428 g/mol. The molecule has 1 aromatic heterocycles. The van der Waals surface area contributed by atoms with Crippen LogP contribution in [0.2, 0.25) is 0 Å². The topological polar surface area (TPSA) is 27.1 Å². The summed E-state index contributed by atoms with van der Waals surface area (Å²) in [5.41, 5.74) is 2.77. The van der Waals surface area contributed by atoms with Gasteiger partial charge >= 0.3 is 0 Å². The first-order valence-corrected chi connectivity index (χ1v) is 8.33. The number of aromatic nitrogens is 2.